The van der Waals surface area contributed by atoms with Crippen LogP contribution in [0.5, 0.6) is 0 Å². The van der Waals surface area contributed by atoms with E-state index in [1.807, 2.05) is 0 Å². The van der Waals surface area contributed by atoms with Gasteiger partial charge in [-0.15, -0.1) is 0 Å². The molecule has 2 fully saturated rings. The van der Waals surface area contributed by atoms with E-state index in [4.69, 9.17) is 14.5 Å². The van der Waals surface area contributed by atoms with Crippen LogP contribution in [0, 0.1) is 6.92 Å². The summed E-state index contributed by atoms with van der Waals surface area (Å²) in [6.07, 6.45) is 9.19. The minimum atomic E-state index is -0.0687. The van der Waals surface area contributed by atoms with Crippen LogP contribution in [0.25, 0.3) is 0 Å². The van der Waals surface area contributed by atoms with Crippen LogP contribution in [0.2, 0.25) is 0 Å². The molecule has 1 aromatic heterocycles. The molecule has 1 atom stereocenters. The van der Waals surface area contributed by atoms with Crippen molar-refractivity contribution in [2.45, 2.75) is 116 Å². The van der Waals surface area contributed by atoms with Crippen molar-refractivity contribution in [3.05, 3.63) is 88.2 Å². The minimum absolute atomic E-state index is 0.0301. The molecule has 2 aliphatic rings. The number of nitrogens with zero attached hydrogens (tertiary/aromatic N) is 1. The van der Waals surface area contributed by atoms with Gasteiger partial charge in [0.2, 0.25) is 0 Å². The Labute approximate surface area is 266 Å². The Morgan fingerprint density at radius 1 is 0.727 bits per heavy atom. The molecule has 2 aliphatic heterocycles. The smallest absolute Gasteiger partial charge is 0.0668 e. The standard InChI is InChI=1S/C39H55N3O2/c1-27-35(37(2,3)4)19-28(20-36(27)42-32-12-15-43-16-13-32)22-39(7,8)31-18-29(24-40-25-31)23-38(5,6)30-10-9-11-33(21-30)41-34-14-17-44-26-34/h9-11,18-21,24-25,32,34,41-42H,12-17,22-23,26H2,1-8H3. The van der Waals surface area contributed by atoms with Gasteiger partial charge in [0, 0.05) is 49.6 Å². The van der Waals surface area contributed by atoms with E-state index in [1.165, 1.54) is 44.8 Å². The largest absolute Gasteiger partial charge is 0.382 e. The van der Waals surface area contributed by atoms with Gasteiger partial charge in [-0.2, -0.15) is 0 Å². The molecule has 0 saturated carbocycles. The summed E-state index contributed by atoms with van der Waals surface area (Å²) in [4.78, 5) is 4.77. The van der Waals surface area contributed by atoms with Gasteiger partial charge in [0.25, 0.3) is 0 Å². The minimum Gasteiger partial charge on any atom is -0.382 e. The van der Waals surface area contributed by atoms with Crippen molar-refractivity contribution in [3.63, 3.8) is 0 Å². The normalized spacial score (nSPS) is 18.4. The summed E-state index contributed by atoms with van der Waals surface area (Å²) in [5, 5.41) is 7.56. The van der Waals surface area contributed by atoms with Gasteiger partial charge in [-0.05, 0) is 107 Å². The van der Waals surface area contributed by atoms with E-state index in [0.29, 0.717) is 12.1 Å². The molecule has 2 saturated heterocycles. The Balaban J connectivity index is 1.35. The number of aromatic nitrogens is 1. The summed E-state index contributed by atoms with van der Waals surface area (Å²) in [5.41, 5.74) is 10.5. The lowest BCUT2D eigenvalue weighted by molar-refractivity contribution is 0.0904. The molecule has 5 rings (SSSR count). The first-order valence-electron chi connectivity index (χ1n) is 16.7. The number of benzene rings is 2. The van der Waals surface area contributed by atoms with E-state index in [9.17, 15) is 0 Å². The van der Waals surface area contributed by atoms with Crippen LogP contribution in [0.1, 0.15) is 101 Å². The van der Waals surface area contributed by atoms with Gasteiger partial charge in [0.05, 0.1) is 12.6 Å². The van der Waals surface area contributed by atoms with E-state index in [-0.39, 0.29) is 16.2 Å². The van der Waals surface area contributed by atoms with Gasteiger partial charge < -0.3 is 20.1 Å². The highest BCUT2D eigenvalue weighted by molar-refractivity contribution is 5.59. The lowest BCUT2D eigenvalue weighted by Crippen LogP contribution is -2.29. The molecule has 0 bridgehead atoms. The van der Waals surface area contributed by atoms with Crippen molar-refractivity contribution >= 4 is 11.4 Å². The number of hydrogen-bond donors (Lipinski definition) is 2. The predicted molar refractivity (Wildman–Crippen MR) is 184 cm³/mol. The van der Waals surface area contributed by atoms with Crippen LogP contribution in [0.15, 0.2) is 54.9 Å². The van der Waals surface area contributed by atoms with Gasteiger partial charge in [-0.3, -0.25) is 4.98 Å². The highest BCUT2D eigenvalue weighted by Gasteiger charge is 2.28. The van der Waals surface area contributed by atoms with Crippen molar-refractivity contribution in [1.82, 2.24) is 4.98 Å². The topological polar surface area (TPSA) is 55.4 Å². The van der Waals surface area contributed by atoms with E-state index < -0.39 is 0 Å². The summed E-state index contributed by atoms with van der Waals surface area (Å²) in [6, 6.07) is 17.0. The average Bonchev–Trinajstić information content (AvgIpc) is 3.48. The van der Waals surface area contributed by atoms with Crippen molar-refractivity contribution in [1.29, 1.82) is 0 Å². The molecule has 5 heteroatoms. The predicted octanol–water partition coefficient (Wildman–Crippen LogP) is 8.52. The first-order valence-corrected chi connectivity index (χ1v) is 16.7. The third-order valence-electron chi connectivity index (χ3n) is 9.67. The lowest BCUT2D eigenvalue weighted by Gasteiger charge is -2.31. The number of anilines is 2. The van der Waals surface area contributed by atoms with Gasteiger partial charge in [0.1, 0.15) is 0 Å². The SMILES string of the molecule is Cc1c(NC2CCOCC2)cc(CC(C)(C)c2cncc(CC(C)(C)c3cccc(NC4CCOC4)c3)c2)cc1C(C)(C)C. The average molecular weight is 598 g/mol. The van der Waals surface area contributed by atoms with Crippen molar-refractivity contribution in [2.24, 2.45) is 0 Å². The maximum absolute atomic E-state index is 5.63. The molecule has 3 aromatic rings. The van der Waals surface area contributed by atoms with Gasteiger partial charge in [-0.1, -0.05) is 72.7 Å². The summed E-state index contributed by atoms with van der Waals surface area (Å²) in [7, 11) is 0. The lowest BCUT2D eigenvalue weighted by atomic mass is 9.75. The second kappa shape index (κ2) is 13.2. The molecule has 0 radical (unpaired) electrons. The van der Waals surface area contributed by atoms with E-state index in [0.717, 1.165) is 58.5 Å². The zero-order chi connectivity index (χ0) is 31.5. The molecule has 1 unspecified atom stereocenters. The third kappa shape index (κ3) is 8.03. The monoisotopic (exact) mass is 597 g/mol. The maximum atomic E-state index is 5.63. The number of hydrogen-bond acceptors (Lipinski definition) is 5. The van der Waals surface area contributed by atoms with Crippen LogP contribution in [0.3, 0.4) is 0 Å². The summed E-state index contributed by atoms with van der Waals surface area (Å²) in [6.45, 7) is 22.0. The van der Waals surface area contributed by atoms with Crippen LogP contribution in [0.4, 0.5) is 11.4 Å². The number of ether oxygens (including phenoxy) is 2. The quantitative estimate of drug-likeness (QED) is 0.245. The molecule has 238 valence electrons. The summed E-state index contributed by atoms with van der Waals surface area (Å²) >= 11 is 0. The molecule has 5 nitrogen and oxygen atoms in total. The molecule has 0 aliphatic carbocycles. The molecule has 2 N–H and O–H groups in total. The van der Waals surface area contributed by atoms with E-state index in [1.54, 1.807) is 0 Å². The number of rotatable bonds is 10. The second-order valence-corrected chi connectivity index (χ2v) is 15.6. The Hall–Kier alpha value is -2.89. The Morgan fingerprint density at radius 2 is 1.41 bits per heavy atom. The van der Waals surface area contributed by atoms with Crippen molar-refractivity contribution in [2.75, 3.05) is 37.1 Å². The number of nitrogens with one attached hydrogen (secondary N) is 2. The second-order valence-electron chi connectivity index (χ2n) is 15.6. The zero-order valence-corrected chi connectivity index (χ0v) is 28.5. The first kappa shape index (κ1) is 32.5. The fourth-order valence-corrected chi connectivity index (χ4v) is 6.96. The maximum Gasteiger partial charge on any atom is 0.0668 e. The molecule has 0 amide bonds. The van der Waals surface area contributed by atoms with E-state index in [2.05, 4.69) is 121 Å². The van der Waals surface area contributed by atoms with E-state index >= 15 is 0 Å². The highest BCUT2D eigenvalue weighted by Crippen LogP contribution is 2.37. The van der Waals surface area contributed by atoms with Crippen LogP contribution >= 0.6 is 0 Å². The third-order valence-corrected chi connectivity index (χ3v) is 9.67. The fraction of sp³-hybridized carbons (Fsp3) is 0.564. The van der Waals surface area contributed by atoms with Crippen molar-refractivity contribution in [3.8, 4) is 0 Å². The van der Waals surface area contributed by atoms with Gasteiger partial charge in [-0.25, -0.2) is 0 Å². The highest BCUT2D eigenvalue weighted by atomic mass is 16.5. The summed E-state index contributed by atoms with van der Waals surface area (Å²) < 4.78 is 11.2. The fourth-order valence-electron chi connectivity index (χ4n) is 6.96. The summed E-state index contributed by atoms with van der Waals surface area (Å²) in [5.74, 6) is 0. The molecule has 2 aromatic carbocycles. The first-order chi connectivity index (χ1) is 20.8. The van der Waals surface area contributed by atoms with Crippen LogP contribution in [-0.4, -0.2) is 43.5 Å². The van der Waals surface area contributed by atoms with Crippen LogP contribution < -0.4 is 10.6 Å². The van der Waals surface area contributed by atoms with Gasteiger partial charge >= 0.3 is 0 Å². The Kier molecular flexibility index (Phi) is 9.77. The molecular formula is C39H55N3O2. The van der Waals surface area contributed by atoms with Gasteiger partial charge in [0.15, 0.2) is 0 Å². The Morgan fingerprint density at radius 3 is 2.11 bits per heavy atom. The molecule has 44 heavy (non-hydrogen) atoms. The zero-order valence-electron chi connectivity index (χ0n) is 28.5. The molecule has 3 heterocycles. The van der Waals surface area contributed by atoms with Crippen molar-refractivity contribution < 1.29 is 9.47 Å². The molecular weight excluding hydrogens is 542 g/mol. The molecule has 0 spiro atoms. The Bertz CT molecular complexity index is 1410. The van der Waals surface area contributed by atoms with Crippen LogP contribution in [-0.2, 0) is 38.6 Å². The number of pyridine rings is 1.